The van der Waals surface area contributed by atoms with Crippen LogP contribution in [0.1, 0.15) is 36.8 Å². The fourth-order valence-electron chi connectivity index (χ4n) is 3.82. The highest BCUT2D eigenvalue weighted by Gasteiger charge is 2.24. The highest BCUT2D eigenvalue weighted by atomic mass is 16.5. The van der Waals surface area contributed by atoms with Crippen molar-refractivity contribution in [3.8, 4) is 11.5 Å². The molecule has 0 amide bonds. The molecule has 2 aromatic carbocycles. The zero-order valence-electron chi connectivity index (χ0n) is 17.0. The lowest BCUT2D eigenvalue weighted by Gasteiger charge is -2.25. The monoisotopic (exact) mass is 410 g/mol. The molecule has 0 saturated carbocycles. The zero-order valence-corrected chi connectivity index (χ0v) is 17.0. The number of carbonyl (C=O) groups is 1. The van der Waals surface area contributed by atoms with E-state index in [4.69, 9.17) is 19.3 Å². The topological polar surface area (TPSA) is 82.8 Å². The van der Waals surface area contributed by atoms with Gasteiger partial charge in [0.1, 0.15) is 18.1 Å². The van der Waals surface area contributed by atoms with Crippen LogP contribution >= 0.6 is 0 Å². The van der Waals surface area contributed by atoms with Gasteiger partial charge in [-0.25, -0.2) is 0 Å². The summed E-state index contributed by atoms with van der Waals surface area (Å²) in [5.41, 5.74) is 3.07. The Balaban J connectivity index is 1.42. The number of fused-ring (bicyclic) bond motifs is 2. The normalized spacial score (nSPS) is 15.6. The molecule has 0 bridgehead atoms. The smallest absolute Gasteiger partial charge is 0.303 e. The van der Waals surface area contributed by atoms with Gasteiger partial charge in [0.05, 0.1) is 37.9 Å². The summed E-state index contributed by atoms with van der Waals surface area (Å²) in [6.07, 6.45) is 2.70. The van der Waals surface area contributed by atoms with Gasteiger partial charge in [0.15, 0.2) is 0 Å². The highest BCUT2D eigenvalue weighted by Crippen LogP contribution is 2.38. The minimum absolute atomic E-state index is 0.0121. The molecule has 4 rings (SSSR count). The van der Waals surface area contributed by atoms with Crippen molar-refractivity contribution in [3.63, 3.8) is 0 Å². The van der Waals surface area contributed by atoms with Gasteiger partial charge >= 0.3 is 5.97 Å². The number of carboxylic acids is 1. The van der Waals surface area contributed by atoms with Crippen LogP contribution in [0, 0.1) is 0 Å². The Hall–Kier alpha value is -3.06. The van der Waals surface area contributed by atoms with Gasteiger partial charge in [-0.05, 0) is 42.7 Å². The van der Waals surface area contributed by atoms with Crippen LogP contribution in [0.3, 0.4) is 0 Å². The van der Waals surface area contributed by atoms with Gasteiger partial charge in [0.25, 0.3) is 0 Å². The van der Waals surface area contributed by atoms with Crippen molar-refractivity contribution < 1.29 is 24.1 Å². The summed E-state index contributed by atoms with van der Waals surface area (Å²) >= 11 is 0. The molecule has 30 heavy (non-hydrogen) atoms. The summed E-state index contributed by atoms with van der Waals surface area (Å²) in [6, 6.07) is 11.8. The number of hydrogen-bond donors (Lipinski definition) is 1. The summed E-state index contributed by atoms with van der Waals surface area (Å²) in [6.45, 7) is 5.01. The number of aliphatic carboxylic acids is 1. The number of aromatic nitrogens is 2. The van der Waals surface area contributed by atoms with E-state index < -0.39 is 5.97 Å². The molecule has 3 aromatic rings. The number of benzene rings is 2. The molecule has 0 spiro atoms. The molecule has 1 atom stereocenters. The maximum Gasteiger partial charge on any atom is 0.303 e. The van der Waals surface area contributed by atoms with Crippen LogP contribution in [-0.2, 0) is 22.7 Å². The molecule has 1 unspecified atom stereocenters. The molecule has 2 heterocycles. The van der Waals surface area contributed by atoms with Gasteiger partial charge < -0.3 is 19.3 Å². The van der Waals surface area contributed by atoms with Crippen molar-refractivity contribution in [1.29, 1.82) is 0 Å². The van der Waals surface area contributed by atoms with Crippen LogP contribution in [0.2, 0.25) is 0 Å². The van der Waals surface area contributed by atoms with Crippen molar-refractivity contribution in [2.45, 2.75) is 38.8 Å². The maximum atomic E-state index is 11.1. The first kappa shape index (κ1) is 20.2. The Bertz CT molecular complexity index is 1030. The zero-order chi connectivity index (χ0) is 20.9. The third-order valence-electron chi connectivity index (χ3n) is 5.33. The van der Waals surface area contributed by atoms with Crippen molar-refractivity contribution in [1.82, 2.24) is 9.78 Å². The van der Waals surface area contributed by atoms with E-state index in [1.807, 2.05) is 42.1 Å². The Labute approximate surface area is 175 Å². The molecule has 7 nitrogen and oxygen atoms in total. The summed E-state index contributed by atoms with van der Waals surface area (Å²) in [5, 5.41) is 14.6. The number of hydrogen-bond acceptors (Lipinski definition) is 5. The lowest BCUT2D eigenvalue weighted by molar-refractivity contribution is -0.137. The van der Waals surface area contributed by atoms with Crippen LogP contribution in [0.15, 0.2) is 42.6 Å². The van der Waals surface area contributed by atoms with E-state index in [1.165, 1.54) is 0 Å². The van der Waals surface area contributed by atoms with Crippen molar-refractivity contribution in [2.24, 2.45) is 0 Å². The second-order valence-corrected chi connectivity index (χ2v) is 7.38. The van der Waals surface area contributed by atoms with Crippen molar-refractivity contribution >= 4 is 16.9 Å². The van der Waals surface area contributed by atoms with Crippen molar-refractivity contribution in [2.75, 3.05) is 19.8 Å². The summed E-state index contributed by atoms with van der Waals surface area (Å²) < 4.78 is 19.1. The molecule has 0 fully saturated rings. The van der Waals surface area contributed by atoms with Crippen LogP contribution in [0.25, 0.3) is 10.9 Å². The fourth-order valence-corrected chi connectivity index (χ4v) is 3.82. The van der Waals surface area contributed by atoms with Gasteiger partial charge in [-0.3, -0.25) is 9.48 Å². The van der Waals surface area contributed by atoms with Gasteiger partial charge in [-0.15, -0.1) is 0 Å². The Kier molecular flexibility index (Phi) is 6.18. The van der Waals surface area contributed by atoms with Crippen LogP contribution in [-0.4, -0.2) is 40.7 Å². The summed E-state index contributed by atoms with van der Waals surface area (Å²) in [5.74, 6) is 0.625. The first-order valence-electron chi connectivity index (χ1n) is 10.3. The maximum absolute atomic E-state index is 11.1. The second-order valence-electron chi connectivity index (χ2n) is 7.38. The molecule has 7 heteroatoms. The number of rotatable bonds is 9. The molecular weight excluding hydrogens is 384 g/mol. The van der Waals surface area contributed by atoms with Crippen LogP contribution in [0.4, 0.5) is 0 Å². The molecule has 1 aliphatic heterocycles. The van der Waals surface area contributed by atoms with E-state index in [0.29, 0.717) is 32.2 Å². The van der Waals surface area contributed by atoms with Crippen molar-refractivity contribution in [3.05, 3.63) is 53.7 Å². The van der Waals surface area contributed by atoms with E-state index in [2.05, 4.69) is 17.2 Å². The SMILES string of the molecule is CCOCCn1ncc2cc(COc3ccc4c(c3)OCCC4CC(=O)O)ccc21. The van der Waals surface area contributed by atoms with E-state index in [9.17, 15) is 4.79 Å². The number of ether oxygens (including phenoxy) is 3. The van der Waals surface area contributed by atoms with E-state index >= 15 is 0 Å². The third kappa shape index (κ3) is 4.57. The first-order chi connectivity index (χ1) is 14.6. The lowest BCUT2D eigenvalue weighted by Crippen LogP contribution is -2.17. The predicted octanol–water partition coefficient (Wildman–Crippen LogP) is 3.99. The first-order valence-corrected chi connectivity index (χ1v) is 10.3. The predicted molar refractivity (Wildman–Crippen MR) is 112 cm³/mol. The molecule has 1 aliphatic rings. The van der Waals surface area contributed by atoms with Gasteiger partial charge in [-0.2, -0.15) is 5.10 Å². The highest BCUT2D eigenvalue weighted by molar-refractivity contribution is 5.79. The fraction of sp³-hybridized carbons (Fsp3) is 0.391. The quantitative estimate of drug-likeness (QED) is 0.537. The van der Waals surface area contributed by atoms with E-state index in [0.717, 1.165) is 40.7 Å². The molecule has 0 saturated heterocycles. The third-order valence-corrected chi connectivity index (χ3v) is 5.33. The minimum Gasteiger partial charge on any atom is -0.493 e. The Morgan fingerprint density at radius 2 is 2.20 bits per heavy atom. The van der Waals surface area contributed by atoms with Gasteiger partial charge in [0, 0.05) is 24.0 Å². The number of carboxylic acid groups (broad SMARTS) is 1. The minimum atomic E-state index is -0.787. The lowest BCUT2D eigenvalue weighted by atomic mass is 9.90. The average Bonchev–Trinajstić information content (AvgIpc) is 3.14. The van der Waals surface area contributed by atoms with Crippen LogP contribution < -0.4 is 9.47 Å². The average molecular weight is 410 g/mol. The second kappa shape index (κ2) is 9.17. The standard InChI is InChI=1S/C23H26N2O5/c1-2-28-10-8-25-21-6-3-16(11-18(21)14-24-25)15-30-19-4-5-20-17(12-23(26)27)7-9-29-22(20)13-19/h3-6,11,13-14,17H,2,7-10,12,15H2,1H3,(H,26,27). The number of nitrogens with zero attached hydrogens (tertiary/aromatic N) is 2. The van der Waals surface area contributed by atoms with Crippen LogP contribution in [0.5, 0.6) is 11.5 Å². The Morgan fingerprint density at radius 3 is 3.03 bits per heavy atom. The molecular formula is C23H26N2O5. The van der Waals surface area contributed by atoms with Gasteiger partial charge in [0.2, 0.25) is 0 Å². The summed E-state index contributed by atoms with van der Waals surface area (Å²) in [4.78, 5) is 11.1. The summed E-state index contributed by atoms with van der Waals surface area (Å²) in [7, 11) is 0. The molecule has 1 aromatic heterocycles. The Morgan fingerprint density at radius 1 is 1.30 bits per heavy atom. The van der Waals surface area contributed by atoms with E-state index in [-0.39, 0.29) is 12.3 Å². The molecule has 0 radical (unpaired) electrons. The largest absolute Gasteiger partial charge is 0.493 e. The van der Waals surface area contributed by atoms with E-state index in [1.54, 1.807) is 0 Å². The molecule has 158 valence electrons. The van der Waals surface area contributed by atoms with Gasteiger partial charge in [-0.1, -0.05) is 12.1 Å². The molecule has 1 N–H and O–H groups in total. The molecule has 0 aliphatic carbocycles.